The van der Waals surface area contributed by atoms with E-state index in [0.29, 0.717) is 0 Å². The maximum atomic E-state index is 13.0. The molecule has 86 valence electrons. The lowest BCUT2D eigenvalue weighted by molar-refractivity contribution is 0.456. The first-order chi connectivity index (χ1) is 6.55. The van der Waals surface area contributed by atoms with Crippen LogP contribution < -0.4 is 0 Å². The van der Waals surface area contributed by atoms with E-state index in [-0.39, 0.29) is 0 Å². The molecule has 0 saturated carbocycles. The highest BCUT2D eigenvalue weighted by molar-refractivity contribution is 7.88. The van der Waals surface area contributed by atoms with Gasteiger partial charge in [0.2, 0.25) is 5.13 Å². The normalized spacial score (nSPS) is 13.1. The molecule has 2 N–H and O–H groups in total. The van der Waals surface area contributed by atoms with E-state index in [2.05, 4.69) is 0 Å². The third-order valence-corrected chi connectivity index (χ3v) is 4.51. The summed E-state index contributed by atoms with van der Waals surface area (Å²) in [6.07, 6.45) is 0. The molecule has 0 amide bonds. The molecule has 0 aliphatic rings. The zero-order valence-electron chi connectivity index (χ0n) is 6.51. The van der Waals surface area contributed by atoms with Crippen LogP contribution in [0.25, 0.3) is 0 Å². The van der Waals surface area contributed by atoms with E-state index in [0.717, 1.165) is 0 Å². The van der Waals surface area contributed by atoms with Gasteiger partial charge in [-0.15, -0.1) is 0 Å². The van der Waals surface area contributed by atoms with Crippen LogP contribution in [0.1, 0.15) is 0 Å². The molecule has 0 bridgehead atoms. The summed E-state index contributed by atoms with van der Waals surface area (Å²) in [7, 11) is -10.3. The first-order valence-corrected chi connectivity index (χ1v) is 6.67. The molecule has 0 aliphatic heterocycles. The highest BCUT2D eigenvalue weighted by atomic mass is 32.3. The summed E-state index contributed by atoms with van der Waals surface area (Å²) in [6.45, 7) is 0. The SMILES string of the molecule is O=S(=O)(O)c1sc(F)c(S(=O)(=O)O)c1F. The van der Waals surface area contributed by atoms with Gasteiger partial charge >= 0.3 is 20.2 Å². The quantitative estimate of drug-likeness (QED) is 0.764. The van der Waals surface area contributed by atoms with Crippen molar-refractivity contribution >= 4 is 31.6 Å². The van der Waals surface area contributed by atoms with E-state index in [1.807, 2.05) is 0 Å². The lowest BCUT2D eigenvalue weighted by Crippen LogP contribution is -2.03. The van der Waals surface area contributed by atoms with Gasteiger partial charge < -0.3 is 0 Å². The Morgan fingerprint density at radius 1 is 1.00 bits per heavy atom. The van der Waals surface area contributed by atoms with E-state index in [1.165, 1.54) is 0 Å². The Kier molecular flexibility index (Phi) is 2.86. The summed E-state index contributed by atoms with van der Waals surface area (Å²) in [6, 6.07) is 0. The van der Waals surface area contributed by atoms with Crippen molar-refractivity contribution in [1.29, 1.82) is 0 Å². The monoisotopic (exact) mass is 280 g/mol. The van der Waals surface area contributed by atoms with Gasteiger partial charge in [0.1, 0.15) is 0 Å². The van der Waals surface area contributed by atoms with Gasteiger partial charge in [-0.05, 0) is 0 Å². The van der Waals surface area contributed by atoms with E-state index in [4.69, 9.17) is 9.11 Å². The standard InChI is InChI=1S/C4H2F2O6S3/c5-1-2(14(7,8)9)3(6)13-4(1)15(10,11)12/h(H,7,8,9)(H,10,11,12). The molecule has 15 heavy (non-hydrogen) atoms. The van der Waals surface area contributed by atoms with Gasteiger partial charge in [0.05, 0.1) is 0 Å². The van der Waals surface area contributed by atoms with E-state index < -0.39 is 51.6 Å². The highest BCUT2D eigenvalue weighted by Crippen LogP contribution is 2.32. The van der Waals surface area contributed by atoms with Crippen molar-refractivity contribution in [3.63, 3.8) is 0 Å². The second-order valence-corrected chi connectivity index (χ2v) is 6.20. The Balaban J connectivity index is 3.70. The summed E-state index contributed by atoms with van der Waals surface area (Å²) < 4.78 is 82.7. The predicted molar refractivity (Wildman–Crippen MR) is 43.9 cm³/mol. The van der Waals surface area contributed by atoms with Crippen LogP contribution in [0.3, 0.4) is 0 Å². The minimum atomic E-state index is -5.22. The number of hydrogen-bond donors (Lipinski definition) is 2. The van der Waals surface area contributed by atoms with E-state index in [1.54, 1.807) is 0 Å². The molecule has 0 aliphatic carbocycles. The Morgan fingerprint density at radius 3 is 1.67 bits per heavy atom. The summed E-state index contributed by atoms with van der Waals surface area (Å²) in [5.41, 5.74) is 0. The summed E-state index contributed by atoms with van der Waals surface area (Å²) >= 11 is -0.444. The van der Waals surface area contributed by atoms with Crippen molar-refractivity contribution in [1.82, 2.24) is 0 Å². The summed E-state index contributed by atoms with van der Waals surface area (Å²) in [4.78, 5) is -1.79. The topological polar surface area (TPSA) is 109 Å². The van der Waals surface area contributed by atoms with Crippen molar-refractivity contribution in [2.24, 2.45) is 0 Å². The number of hydrogen-bond acceptors (Lipinski definition) is 5. The zero-order valence-corrected chi connectivity index (χ0v) is 8.96. The second-order valence-electron chi connectivity index (χ2n) is 2.26. The third-order valence-electron chi connectivity index (χ3n) is 1.23. The van der Waals surface area contributed by atoms with Crippen molar-refractivity contribution in [3.8, 4) is 0 Å². The fourth-order valence-electron chi connectivity index (χ4n) is 0.732. The molecule has 0 atom stereocenters. The number of rotatable bonds is 2. The molecule has 1 heterocycles. The van der Waals surface area contributed by atoms with Crippen molar-refractivity contribution in [3.05, 3.63) is 10.9 Å². The van der Waals surface area contributed by atoms with Gasteiger partial charge in [0.25, 0.3) is 0 Å². The smallest absolute Gasteiger partial charge is 0.282 e. The van der Waals surface area contributed by atoms with E-state index >= 15 is 0 Å². The van der Waals surface area contributed by atoms with Gasteiger partial charge in [0, 0.05) is 0 Å². The van der Waals surface area contributed by atoms with Gasteiger partial charge in [-0.3, -0.25) is 9.11 Å². The average Bonchev–Trinajstić information content (AvgIpc) is 2.22. The Bertz CT molecular complexity index is 597. The van der Waals surface area contributed by atoms with Gasteiger partial charge in [-0.2, -0.15) is 21.2 Å². The fraction of sp³-hybridized carbons (Fsp3) is 0. The molecule has 0 fully saturated rings. The minimum Gasteiger partial charge on any atom is -0.282 e. The molecule has 1 aromatic rings. The molecule has 0 aromatic carbocycles. The molecule has 0 radical (unpaired) electrons. The average molecular weight is 280 g/mol. The molecule has 0 spiro atoms. The van der Waals surface area contributed by atoms with Gasteiger partial charge in [0.15, 0.2) is 14.9 Å². The second kappa shape index (κ2) is 3.45. The van der Waals surface area contributed by atoms with Crippen molar-refractivity contribution in [2.75, 3.05) is 0 Å². The van der Waals surface area contributed by atoms with Crippen LogP contribution >= 0.6 is 11.3 Å². The fourth-order valence-corrected chi connectivity index (χ4v) is 3.34. The summed E-state index contributed by atoms with van der Waals surface area (Å²) in [5, 5.41) is -1.76. The van der Waals surface area contributed by atoms with Crippen LogP contribution in [0.15, 0.2) is 9.10 Å². The molecular formula is C4H2F2O6S3. The predicted octanol–water partition coefficient (Wildman–Crippen LogP) is 0.520. The van der Waals surface area contributed by atoms with Crippen LogP contribution in [0, 0.1) is 10.9 Å². The van der Waals surface area contributed by atoms with Crippen LogP contribution in [0.5, 0.6) is 0 Å². The van der Waals surface area contributed by atoms with Crippen LogP contribution in [0.4, 0.5) is 8.78 Å². The maximum Gasteiger partial charge on any atom is 0.307 e. The molecular weight excluding hydrogens is 278 g/mol. The van der Waals surface area contributed by atoms with Gasteiger partial charge in [-0.25, -0.2) is 4.39 Å². The third kappa shape index (κ3) is 2.31. The highest BCUT2D eigenvalue weighted by Gasteiger charge is 2.33. The Labute approximate surface area is 86.7 Å². The van der Waals surface area contributed by atoms with E-state index in [9.17, 15) is 25.6 Å². The van der Waals surface area contributed by atoms with Crippen molar-refractivity contribution in [2.45, 2.75) is 9.10 Å². The molecule has 1 aromatic heterocycles. The lowest BCUT2D eigenvalue weighted by atomic mass is 10.6. The van der Waals surface area contributed by atoms with Crippen LogP contribution in [0.2, 0.25) is 0 Å². The Hall–Kier alpha value is -0.620. The molecule has 1 rings (SSSR count). The van der Waals surface area contributed by atoms with Crippen molar-refractivity contribution < 1.29 is 34.7 Å². The maximum absolute atomic E-state index is 13.0. The minimum absolute atomic E-state index is 0.444. The molecule has 11 heteroatoms. The zero-order chi connectivity index (χ0) is 12.0. The van der Waals surface area contributed by atoms with Gasteiger partial charge in [-0.1, -0.05) is 11.3 Å². The first kappa shape index (κ1) is 12.4. The lowest BCUT2D eigenvalue weighted by Gasteiger charge is -1.92. The first-order valence-electron chi connectivity index (χ1n) is 2.98. The number of thiophene rings is 1. The largest absolute Gasteiger partial charge is 0.307 e. The molecule has 0 saturated heterocycles. The van der Waals surface area contributed by atoms with Crippen LogP contribution in [-0.2, 0) is 20.2 Å². The number of halogens is 2. The summed E-state index contributed by atoms with van der Waals surface area (Å²) in [5.74, 6) is -2.04. The van der Waals surface area contributed by atoms with Crippen LogP contribution in [-0.4, -0.2) is 25.9 Å². The molecule has 6 nitrogen and oxygen atoms in total. The Morgan fingerprint density at radius 2 is 1.47 bits per heavy atom. The molecule has 0 unspecified atom stereocenters.